The third-order valence-corrected chi connectivity index (χ3v) is 9.14. The highest BCUT2D eigenvalue weighted by Gasteiger charge is 2.18. The number of carbonyl (C=O) groups is 4. The second kappa shape index (κ2) is 18.4. The SMILES string of the molecule is C/C=C(\C=C(/C)NC(=O)Oc1ccccc1)NC(=O)Nc1ccc(S(=O)(=O)c2ccc(NC(=O)Nc3cccc(NC(=O)Oc4ccccc4)c3)cc2)cc1. The number of ether oxygens (including phenoxy) is 2. The van der Waals surface area contributed by atoms with Crippen LogP contribution in [-0.4, -0.2) is 32.7 Å². The van der Waals surface area contributed by atoms with Crippen LogP contribution in [0.5, 0.6) is 11.5 Å². The van der Waals surface area contributed by atoms with Crippen LogP contribution < -0.4 is 41.4 Å². The smallest absolute Gasteiger partial charge is 0.410 e. The lowest BCUT2D eigenvalue weighted by Gasteiger charge is -2.12. The van der Waals surface area contributed by atoms with E-state index in [9.17, 15) is 27.6 Å². The molecular formula is C40H36N6O8S. The minimum Gasteiger partial charge on any atom is -0.410 e. The van der Waals surface area contributed by atoms with Crippen molar-refractivity contribution < 1.29 is 37.1 Å². The van der Waals surface area contributed by atoms with E-state index >= 15 is 0 Å². The van der Waals surface area contributed by atoms with Gasteiger partial charge in [0.1, 0.15) is 11.5 Å². The summed E-state index contributed by atoms with van der Waals surface area (Å²) in [6, 6.07) is 33.6. The minimum absolute atomic E-state index is 0.0146. The average Bonchev–Trinajstić information content (AvgIpc) is 3.15. The van der Waals surface area contributed by atoms with E-state index in [4.69, 9.17) is 9.47 Å². The number of benzene rings is 5. The van der Waals surface area contributed by atoms with E-state index in [1.165, 1.54) is 48.5 Å². The van der Waals surface area contributed by atoms with Crippen LogP contribution in [0.25, 0.3) is 0 Å². The van der Waals surface area contributed by atoms with Crippen LogP contribution in [0.4, 0.5) is 41.9 Å². The molecule has 0 radical (unpaired) electrons. The van der Waals surface area contributed by atoms with Gasteiger partial charge < -0.3 is 30.7 Å². The number of allylic oxidation sites excluding steroid dienone is 3. The minimum atomic E-state index is -3.94. The Labute approximate surface area is 317 Å². The lowest BCUT2D eigenvalue weighted by molar-refractivity contribution is 0.203. The second-order valence-corrected chi connectivity index (χ2v) is 13.5. The van der Waals surface area contributed by atoms with Gasteiger partial charge in [0.15, 0.2) is 0 Å². The third-order valence-electron chi connectivity index (χ3n) is 7.36. The first-order chi connectivity index (χ1) is 26.5. The van der Waals surface area contributed by atoms with Crippen molar-refractivity contribution in [3.8, 4) is 11.5 Å². The first kappa shape index (κ1) is 38.8. The molecule has 5 aromatic rings. The summed E-state index contributed by atoms with van der Waals surface area (Å²) in [6.07, 6.45) is 1.78. The maximum absolute atomic E-state index is 13.3. The number of carbonyl (C=O) groups excluding carboxylic acids is 4. The van der Waals surface area contributed by atoms with Gasteiger partial charge in [0.25, 0.3) is 0 Å². The van der Waals surface area contributed by atoms with Crippen LogP contribution in [0, 0.1) is 0 Å². The standard InChI is InChI=1S/C40H36N6O8S/c1-3-28(25-27(2)41-39(49)53-33-13-6-4-7-14-33)42-37(47)43-29-17-21-35(22-18-29)55(51,52)36-23-19-30(20-24-36)44-38(48)45-31-11-10-12-32(26-31)46-40(50)54-34-15-8-5-9-16-34/h3-26H,1-2H3,(H,41,49)(H,46,50)(H2,42,43,47)(H2,44,45,48)/b27-25+,28-3+. The Morgan fingerprint density at radius 1 is 0.527 bits per heavy atom. The van der Waals surface area contributed by atoms with Crippen molar-refractivity contribution in [1.29, 1.82) is 0 Å². The van der Waals surface area contributed by atoms with Crippen LogP contribution in [0.3, 0.4) is 0 Å². The predicted octanol–water partition coefficient (Wildman–Crippen LogP) is 8.49. The highest BCUT2D eigenvalue weighted by atomic mass is 32.2. The van der Waals surface area contributed by atoms with E-state index < -0.39 is 34.1 Å². The van der Waals surface area contributed by atoms with E-state index in [0.29, 0.717) is 45.6 Å². The van der Waals surface area contributed by atoms with Crippen molar-refractivity contribution in [3.05, 3.63) is 157 Å². The average molecular weight is 761 g/mol. The van der Waals surface area contributed by atoms with Gasteiger partial charge in [-0.2, -0.15) is 0 Å². The number of hydrogen-bond acceptors (Lipinski definition) is 8. The molecule has 5 aromatic carbocycles. The van der Waals surface area contributed by atoms with Gasteiger partial charge in [-0.05, 0) is 111 Å². The molecule has 0 aromatic heterocycles. The van der Waals surface area contributed by atoms with Crippen molar-refractivity contribution >= 4 is 56.8 Å². The van der Waals surface area contributed by atoms with E-state index in [1.807, 2.05) is 0 Å². The molecule has 0 aliphatic carbocycles. The van der Waals surface area contributed by atoms with Crippen LogP contribution in [0.15, 0.2) is 167 Å². The van der Waals surface area contributed by atoms with Gasteiger partial charge in [-0.15, -0.1) is 0 Å². The summed E-state index contributed by atoms with van der Waals surface area (Å²) in [6.45, 7) is 3.33. The van der Waals surface area contributed by atoms with E-state index in [-0.39, 0.29) is 9.79 Å². The third kappa shape index (κ3) is 11.8. The zero-order valence-electron chi connectivity index (χ0n) is 29.5. The van der Waals surface area contributed by atoms with Gasteiger partial charge in [0.2, 0.25) is 9.84 Å². The molecule has 0 saturated carbocycles. The molecule has 0 fully saturated rings. The fourth-order valence-corrected chi connectivity index (χ4v) is 6.08. The molecule has 6 N–H and O–H groups in total. The Kier molecular flexibility index (Phi) is 13.0. The molecule has 14 nitrogen and oxygen atoms in total. The van der Waals surface area contributed by atoms with Crippen molar-refractivity contribution in [1.82, 2.24) is 10.6 Å². The summed E-state index contributed by atoms with van der Waals surface area (Å²) < 4.78 is 37.1. The molecule has 55 heavy (non-hydrogen) atoms. The molecule has 0 spiro atoms. The maximum atomic E-state index is 13.3. The molecule has 15 heteroatoms. The van der Waals surface area contributed by atoms with Crippen molar-refractivity contribution in [2.45, 2.75) is 23.6 Å². The Morgan fingerprint density at radius 2 is 1.00 bits per heavy atom. The van der Waals surface area contributed by atoms with Gasteiger partial charge in [0.05, 0.1) is 9.79 Å². The molecule has 0 unspecified atom stereocenters. The summed E-state index contributed by atoms with van der Waals surface area (Å²) in [5, 5.41) is 15.8. The molecule has 0 atom stereocenters. The van der Waals surface area contributed by atoms with E-state index in [2.05, 4.69) is 31.9 Å². The molecule has 0 aliphatic heterocycles. The fourth-order valence-electron chi connectivity index (χ4n) is 4.81. The van der Waals surface area contributed by atoms with Crippen LogP contribution in [-0.2, 0) is 9.84 Å². The fraction of sp³-hybridized carbons (Fsp3) is 0.0500. The number of para-hydroxylation sites is 2. The molecule has 280 valence electrons. The number of sulfone groups is 1. The van der Waals surface area contributed by atoms with Crippen LogP contribution >= 0.6 is 0 Å². The Balaban J connectivity index is 1.10. The van der Waals surface area contributed by atoms with Gasteiger partial charge in [0, 0.05) is 34.1 Å². The number of nitrogens with one attached hydrogen (secondary N) is 6. The molecule has 0 heterocycles. The van der Waals surface area contributed by atoms with E-state index in [1.54, 1.807) is 111 Å². The summed E-state index contributed by atoms with van der Waals surface area (Å²) in [5.41, 5.74) is 2.23. The van der Waals surface area contributed by atoms with Crippen LogP contribution in [0.1, 0.15) is 13.8 Å². The molecule has 0 bridgehead atoms. The highest BCUT2D eigenvalue weighted by Crippen LogP contribution is 2.24. The molecule has 5 rings (SSSR count). The maximum Gasteiger partial charge on any atom is 0.417 e. The normalized spacial score (nSPS) is 11.4. The van der Waals surface area contributed by atoms with Crippen molar-refractivity contribution in [2.24, 2.45) is 0 Å². The topological polar surface area (TPSA) is 193 Å². The van der Waals surface area contributed by atoms with Crippen molar-refractivity contribution in [2.75, 3.05) is 21.3 Å². The lowest BCUT2D eigenvalue weighted by atomic mass is 10.3. The Morgan fingerprint density at radius 3 is 1.53 bits per heavy atom. The Bertz CT molecular complexity index is 2320. The lowest BCUT2D eigenvalue weighted by Crippen LogP contribution is -2.29. The number of urea groups is 2. The Hall–Kier alpha value is -7.39. The van der Waals surface area contributed by atoms with Gasteiger partial charge in [-0.25, -0.2) is 27.6 Å². The number of hydrogen-bond donors (Lipinski definition) is 6. The first-order valence-electron chi connectivity index (χ1n) is 16.6. The van der Waals surface area contributed by atoms with Gasteiger partial charge in [-0.3, -0.25) is 10.6 Å². The molecule has 0 saturated heterocycles. The molecule has 0 aliphatic rings. The summed E-state index contributed by atoms with van der Waals surface area (Å²) >= 11 is 0. The van der Waals surface area contributed by atoms with Crippen LogP contribution in [0.2, 0.25) is 0 Å². The summed E-state index contributed by atoms with van der Waals surface area (Å²) in [5.74, 6) is 0.754. The molecular weight excluding hydrogens is 725 g/mol. The zero-order valence-corrected chi connectivity index (χ0v) is 30.3. The predicted molar refractivity (Wildman–Crippen MR) is 209 cm³/mol. The largest absolute Gasteiger partial charge is 0.417 e. The highest BCUT2D eigenvalue weighted by molar-refractivity contribution is 7.91. The number of anilines is 4. The number of amides is 6. The number of rotatable bonds is 11. The first-order valence-corrected chi connectivity index (χ1v) is 18.1. The summed E-state index contributed by atoms with van der Waals surface area (Å²) in [7, 11) is -3.94. The zero-order chi connectivity index (χ0) is 39.2. The van der Waals surface area contributed by atoms with Crippen molar-refractivity contribution in [3.63, 3.8) is 0 Å². The quantitative estimate of drug-likeness (QED) is 0.0722. The van der Waals surface area contributed by atoms with E-state index in [0.717, 1.165) is 0 Å². The van der Waals surface area contributed by atoms with Gasteiger partial charge in [-0.1, -0.05) is 48.5 Å². The molecule has 6 amide bonds. The summed E-state index contributed by atoms with van der Waals surface area (Å²) in [4.78, 5) is 49.7. The monoisotopic (exact) mass is 760 g/mol. The second-order valence-electron chi connectivity index (χ2n) is 11.5. The van der Waals surface area contributed by atoms with Gasteiger partial charge >= 0.3 is 24.2 Å².